The fraction of sp³-hybridized carbons (Fsp3) is 0.636. The van der Waals surface area contributed by atoms with Crippen LogP contribution in [0.25, 0.3) is 0 Å². The first-order valence-corrected chi connectivity index (χ1v) is 5.62. The summed E-state index contributed by atoms with van der Waals surface area (Å²) in [5, 5.41) is 15.6. The van der Waals surface area contributed by atoms with E-state index in [0.29, 0.717) is 11.6 Å². The number of nitrogens with zero attached hydrogens (tertiary/aromatic N) is 1. The number of aliphatic hydroxyl groups is 1. The van der Waals surface area contributed by atoms with E-state index in [1.165, 1.54) is 0 Å². The largest absolute Gasteiger partial charge is 0.465 e. The van der Waals surface area contributed by atoms with Crippen LogP contribution in [0.2, 0.25) is 0 Å². The smallest absolute Gasteiger partial charge is 0.258 e. The third-order valence-corrected chi connectivity index (χ3v) is 2.98. The van der Waals surface area contributed by atoms with Crippen molar-refractivity contribution in [3.63, 3.8) is 0 Å². The molecule has 1 aliphatic carbocycles. The van der Waals surface area contributed by atoms with Gasteiger partial charge in [0, 0.05) is 6.07 Å². The molecule has 0 aliphatic heterocycles. The molecule has 0 unspecified atom stereocenters. The predicted octanol–water partition coefficient (Wildman–Crippen LogP) is 0.393. The van der Waals surface area contributed by atoms with Gasteiger partial charge in [-0.05, 0) is 31.3 Å². The highest BCUT2D eigenvalue weighted by molar-refractivity contribution is 5.78. The van der Waals surface area contributed by atoms with E-state index in [1.54, 1.807) is 13.0 Å². The first-order chi connectivity index (χ1) is 8.13. The molecule has 0 saturated heterocycles. The van der Waals surface area contributed by atoms with Crippen LogP contribution < -0.4 is 10.1 Å². The van der Waals surface area contributed by atoms with Crippen LogP contribution >= 0.6 is 0 Å². The normalized spacial score (nSPS) is 17.3. The number of carbonyl (C=O) groups excluding carboxylic acids is 1. The van der Waals surface area contributed by atoms with Crippen LogP contribution in [0.4, 0.5) is 0 Å². The van der Waals surface area contributed by atoms with Crippen molar-refractivity contribution < 1.29 is 19.2 Å². The standard InChI is InChI=1S/C11H16N2O4/c1-8-5-10(13-17-8)16-6-9(15)12-11(7-14)3-2-4-11/h5,14H,2-4,6-7H2,1H3,(H,12,15). The van der Waals surface area contributed by atoms with Crippen molar-refractivity contribution >= 4 is 5.91 Å². The number of rotatable bonds is 5. The van der Waals surface area contributed by atoms with Gasteiger partial charge in [0.25, 0.3) is 11.8 Å². The first-order valence-electron chi connectivity index (χ1n) is 5.62. The molecule has 1 aromatic rings. The second-order valence-corrected chi connectivity index (χ2v) is 4.40. The molecule has 1 saturated carbocycles. The zero-order valence-corrected chi connectivity index (χ0v) is 9.73. The molecule has 1 amide bonds. The summed E-state index contributed by atoms with van der Waals surface area (Å²) in [4.78, 5) is 11.6. The zero-order valence-electron chi connectivity index (χ0n) is 9.73. The maximum Gasteiger partial charge on any atom is 0.258 e. The van der Waals surface area contributed by atoms with Gasteiger partial charge in [0.1, 0.15) is 5.76 Å². The second kappa shape index (κ2) is 4.75. The first kappa shape index (κ1) is 11.9. The Morgan fingerprint density at radius 2 is 2.47 bits per heavy atom. The van der Waals surface area contributed by atoms with Crippen LogP contribution in [0.5, 0.6) is 5.88 Å². The third-order valence-electron chi connectivity index (χ3n) is 2.98. The Hall–Kier alpha value is -1.56. The van der Waals surface area contributed by atoms with Crippen molar-refractivity contribution in [2.24, 2.45) is 0 Å². The Labute approximate surface area is 98.9 Å². The highest BCUT2D eigenvalue weighted by Crippen LogP contribution is 2.30. The van der Waals surface area contributed by atoms with Gasteiger partial charge in [0.15, 0.2) is 6.61 Å². The molecule has 0 bridgehead atoms. The molecular formula is C11H16N2O4. The highest BCUT2D eigenvalue weighted by atomic mass is 16.5. The monoisotopic (exact) mass is 240 g/mol. The summed E-state index contributed by atoms with van der Waals surface area (Å²) in [5.74, 6) is 0.676. The lowest BCUT2D eigenvalue weighted by Crippen LogP contribution is -2.57. The van der Waals surface area contributed by atoms with Crippen LogP contribution in [0, 0.1) is 6.92 Å². The summed E-state index contributed by atoms with van der Waals surface area (Å²) in [6, 6.07) is 1.61. The molecule has 0 spiro atoms. The van der Waals surface area contributed by atoms with Gasteiger partial charge in [-0.1, -0.05) is 0 Å². The Morgan fingerprint density at radius 1 is 1.71 bits per heavy atom. The molecule has 0 atom stereocenters. The van der Waals surface area contributed by atoms with Crippen LogP contribution in [-0.2, 0) is 4.79 Å². The topological polar surface area (TPSA) is 84.6 Å². The highest BCUT2D eigenvalue weighted by Gasteiger charge is 2.37. The number of aryl methyl sites for hydroxylation is 1. The predicted molar refractivity (Wildman–Crippen MR) is 58.5 cm³/mol. The van der Waals surface area contributed by atoms with E-state index in [0.717, 1.165) is 19.3 Å². The van der Waals surface area contributed by atoms with Gasteiger partial charge < -0.3 is 19.7 Å². The number of hydrogen-bond acceptors (Lipinski definition) is 5. The van der Waals surface area contributed by atoms with Crippen molar-refractivity contribution in [2.75, 3.05) is 13.2 Å². The van der Waals surface area contributed by atoms with Crippen molar-refractivity contribution in [2.45, 2.75) is 31.7 Å². The van der Waals surface area contributed by atoms with Gasteiger partial charge in [-0.3, -0.25) is 4.79 Å². The molecule has 1 heterocycles. The van der Waals surface area contributed by atoms with E-state index in [1.807, 2.05) is 0 Å². The molecule has 1 fully saturated rings. The van der Waals surface area contributed by atoms with Gasteiger partial charge in [0.05, 0.1) is 12.1 Å². The SMILES string of the molecule is Cc1cc(OCC(=O)NC2(CO)CCC2)no1. The summed E-state index contributed by atoms with van der Waals surface area (Å²) in [5.41, 5.74) is -0.430. The van der Waals surface area contributed by atoms with Gasteiger partial charge >= 0.3 is 0 Å². The Bertz CT molecular complexity index is 392. The summed E-state index contributed by atoms with van der Waals surface area (Å²) in [6.07, 6.45) is 2.67. The molecule has 2 rings (SSSR count). The lowest BCUT2D eigenvalue weighted by molar-refractivity contribution is -0.127. The van der Waals surface area contributed by atoms with Crippen LogP contribution in [0.3, 0.4) is 0 Å². The fourth-order valence-electron chi connectivity index (χ4n) is 1.81. The summed E-state index contributed by atoms with van der Waals surface area (Å²) in [7, 11) is 0. The van der Waals surface area contributed by atoms with Gasteiger partial charge in [-0.2, -0.15) is 0 Å². The Morgan fingerprint density at radius 3 is 2.94 bits per heavy atom. The average molecular weight is 240 g/mol. The van der Waals surface area contributed by atoms with Crippen LogP contribution in [0.1, 0.15) is 25.0 Å². The third kappa shape index (κ3) is 2.76. The molecule has 17 heavy (non-hydrogen) atoms. The van der Waals surface area contributed by atoms with Gasteiger partial charge in [-0.25, -0.2) is 0 Å². The van der Waals surface area contributed by atoms with E-state index in [9.17, 15) is 9.90 Å². The maximum absolute atomic E-state index is 11.6. The molecule has 6 nitrogen and oxygen atoms in total. The fourth-order valence-corrected chi connectivity index (χ4v) is 1.81. The Balaban J connectivity index is 1.77. The lowest BCUT2D eigenvalue weighted by Gasteiger charge is -2.40. The molecule has 6 heteroatoms. The molecular weight excluding hydrogens is 224 g/mol. The van der Waals surface area contributed by atoms with Crippen molar-refractivity contribution in [1.29, 1.82) is 0 Å². The van der Waals surface area contributed by atoms with E-state index < -0.39 is 5.54 Å². The number of nitrogens with one attached hydrogen (secondary N) is 1. The lowest BCUT2D eigenvalue weighted by atomic mass is 9.77. The van der Waals surface area contributed by atoms with E-state index >= 15 is 0 Å². The Kier molecular flexibility index (Phi) is 3.33. The van der Waals surface area contributed by atoms with Gasteiger partial charge in [-0.15, -0.1) is 0 Å². The van der Waals surface area contributed by atoms with Crippen LogP contribution in [0.15, 0.2) is 10.6 Å². The molecule has 2 N–H and O–H groups in total. The maximum atomic E-state index is 11.6. The van der Waals surface area contributed by atoms with Crippen molar-refractivity contribution in [3.05, 3.63) is 11.8 Å². The number of aromatic nitrogens is 1. The molecule has 1 aliphatic rings. The number of carbonyl (C=O) groups is 1. The quantitative estimate of drug-likeness (QED) is 0.777. The molecule has 1 aromatic heterocycles. The minimum absolute atomic E-state index is 0.0260. The number of aliphatic hydroxyl groups excluding tert-OH is 1. The summed E-state index contributed by atoms with van der Waals surface area (Å²) < 4.78 is 9.95. The van der Waals surface area contributed by atoms with E-state index in [2.05, 4.69) is 10.5 Å². The zero-order chi connectivity index (χ0) is 12.3. The van der Waals surface area contributed by atoms with Crippen LogP contribution in [-0.4, -0.2) is 34.9 Å². The summed E-state index contributed by atoms with van der Waals surface area (Å²) in [6.45, 7) is 1.60. The second-order valence-electron chi connectivity index (χ2n) is 4.40. The minimum Gasteiger partial charge on any atom is -0.465 e. The van der Waals surface area contributed by atoms with E-state index in [4.69, 9.17) is 9.26 Å². The van der Waals surface area contributed by atoms with Crippen molar-refractivity contribution in [1.82, 2.24) is 10.5 Å². The number of ether oxygens (including phenoxy) is 1. The molecule has 94 valence electrons. The molecule has 0 radical (unpaired) electrons. The molecule has 0 aromatic carbocycles. The average Bonchev–Trinajstić information content (AvgIpc) is 2.67. The summed E-state index contributed by atoms with van der Waals surface area (Å²) >= 11 is 0. The van der Waals surface area contributed by atoms with Gasteiger partial charge in [0.2, 0.25) is 0 Å². The minimum atomic E-state index is -0.430. The van der Waals surface area contributed by atoms with Crippen molar-refractivity contribution in [3.8, 4) is 5.88 Å². The number of amides is 1. The van der Waals surface area contributed by atoms with E-state index in [-0.39, 0.29) is 19.1 Å². The number of hydrogen-bond donors (Lipinski definition) is 2.